The molecule has 0 aromatic carbocycles. The van der Waals surface area contributed by atoms with Crippen molar-refractivity contribution in [3.8, 4) is 0 Å². The van der Waals surface area contributed by atoms with E-state index in [0.717, 1.165) is 24.7 Å². The Kier molecular flexibility index (Phi) is 2.68. The van der Waals surface area contributed by atoms with E-state index in [9.17, 15) is 0 Å². The van der Waals surface area contributed by atoms with Crippen LogP contribution < -0.4 is 5.32 Å². The highest BCUT2D eigenvalue weighted by atomic mass is 35.5. The van der Waals surface area contributed by atoms with Crippen LogP contribution in [0.5, 0.6) is 0 Å². The molecule has 3 rings (SSSR count). The highest BCUT2D eigenvalue weighted by Gasteiger charge is 2.29. The molecule has 88 valence electrons. The van der Waals surface area contributed by atoms with Crippen molar-refractivity contribution in [1.29, 1.82) is 0 Å². The van der Waals surface area contributed by atoms with Crippen LogP contribution in [0.25, 0.3) is 0 Å². The molecule has 1 aromatic heterocycles. The second-order valence-corrected chi connectivity index (χ2v) is 5.37. The first-order valence-electron chi connectivity index (χ1n) is 6.24. The minimum Gasteiger partial charge on any atom is -0.327 e. The van der Waals surface area contributed by atoms with Crippen molar-refractivity contribution in [3.05, 3.63) is 16.7 Å². The van der Waals surface area contributed by atoms with Gasteiger partial charge in [0.25, 0.3) is 0 Å². The number of aromatic nitrogens is 2. The zero-order valence-corrected chi connectivity index (χ0v) is 10.4. The van der Waals surface area contributed by atoms with Crippen LogP contribution in [-0.4, -0.2) is 22.6 Å². The smallest absolute Gasteiger partial charge is 0.150 e. The third-order valence-corrected chi connectivity index (χ3v) is 4.19. The number of rotatable bonds is 1. The Bertz CT molecular complexity index is 393. The highest BCUT2D eigenvalue weighted by molar-refractivity contribution is 6.30. The second-order valence-electron chi connectivity index (χ2n) is 5.01. The van der Waals surface area contributed by atoms with Crippen LogP contribution in [0, 0.1) is 0 Å². The van der Waals surface area contributed by atoms with E-state index in [1.54, 1.807) is 0 Å². The number of halogens is 1. The average molecular weight is 240 g/mol. The van der Waals surface area contributed by atoms with Crippen molar-refractivity contribution < 1.29 is 0 Å². The molecule has 0 radical (unpaired) electrons. The number of nitrogens with one attached hydrogen (secondary N) is 1. The largest absolute Gasteiger partial charge is 0.327 e. The van der Waals surface area contributed by atoms with Crippen molar-refractivity contribution in [2.45, 2.75) is 44.6 Å². The molecule has 0 saturated carbocycles. The van der Waals surface area contributed by atoms with Crippen LogP contribution in [0.2, 0.25) is 5.15 Å². The van der Waals surface area contributed by atoms with Gasteiger partial charge in [0.1, 0.15) is 5.82 Å². The maximum absolute atomic E-state index is 6.25. The van der Waals surface area contributed by atoms with Gasteiger partial charge in [0, 0.05) is 18.5 Å². The maximum Gasteiger partial charge on any atom is 0.150 e. The van der Waals surface area contributed by atoms with Crippen LogP contribution in [0.3, 0.4) is 0 Å². The van der Waals surface area contributed by atoms with Gasteiger partial charge in [-0.15, -0.1) is 0 Å². The zero-order chi connectivity index (χ0) is 11.1. The van der Waals surface area contributed by atoms with E-state index in [1.165, 1.54) is 30.8 Å². The standard InChI is InChI=1S/C12H18ClN3/c1-8-3-2-4-10-11(13)15-12(16(8)10)9-5-6-14-7-9/h8-9,14H,2-7H2,1H3. The molecule has 16 heavy (non-hydrogen) atoms. The monoisotopic (exact) mass is 239 g/mol. The molecule has 2 unspecified atom stereocenters. The first-order chi connectivity index (χ1) is 7.77. The summed E-state index contributed by atoms with van der Waals surface area (Å²) in [5, 5.41) is 4.15. The fourth-order valence-corrected chi connectivity index (χ4v) is 3.30. The molecular formula is C12H18ClN3. The molecule has 2 atom stereocenters. The fourth-order valence-electron chi connectivity index (χ4n) is 3.03. The van der Waals surface area contributed by atoms with Crippen LogP contribution in [0.1, 0.15) is 49.7 Å². The summed E-state index contributed by atoms with van der Waals surface area (Å²) < 4.78 is 2.41. The molecule has 2 aliphatic heterocycles. The molecule has 1 fully saturated rings. The lowest BCUT2D eigenvalue weighted by atomic mass is 10.0. The van der Waals surface area contributed by atoms with Crippen molar-refractivity contribution in [3.63, 3.8) is 0 Å². The molecule has 1 N–H and O–H groups in total. The van der Waals surface area contributed by atoms with E-state index in [4.69, 9.17) is 11.6 Å². The van der Waals surface area contributed by atoms with Gasteiger partial charge in [-0.2, -0.15) is 0 Å². The van der Waals surface area contributed by atoms with Crippen molar-refractivity contribution in [2.24, 2.45) is 0 Å². The SMILES string of the molecule is CC1CCCc2c(Cl)nc(C3CCNC3)n21. The third-order valence-electron chi connectivity index (χ3n) is 3.89. The summed E-state index contributed by atoms with van der Waals surface area (Å²) >= 11 is 6.25. The Hall–Kier alpha value is -0.540. The Morgan fingerprint density at radius 1 is 1.44 bits per heavy atom. The summed E-state index contributed by atoms with van der Waals surface area (Å²) in [4.78, 5) is 4.61. The van der Waals surface area contributed by atoms with E-state index < -0.39 is 0 Å². The molecule has 0 amide bonds. The third kappa shape index (κ3) is 1.57. The molecule has 0 aliphatic carbocycles. The molecule has 3 nitrogen and oxygen atoms in total. The minimum atomic E-state index is 0.562. The number of nitrogens with zero attached hydrogens (tertiary/aromatic N) is 2. The summed E-state index contributed by atoms with van der Waals surface area (Å²) in [5.41, 5.74) is 1.27. The lowest BCUT2D eigenvalue weighted by molar-refractivity contribution is 0.409. The summed E-state index contributed by atoms with van der Waals surface area (Å²) in [5.74, 6) is 1.78. The van der Waals surface area contributed by atoms with Gasteiger partial charge in [0.15, 0.2) is 5.15 Å². The zero-order valence-electron chi connectivity index (χ0n) is 9.67. The maximum atomic E-state index is 6.25. The van der Waals surface area contributed by atoms with E-state index in [-0.39, 0.29) is 0 Å². The predicted molar refractivity (Wildman–Crippen MR) is 65.1 cm³/mol. The molecule has 1 saturated heterocycles. The Balaban J connectivity index is 2.04. The quantitative estimate of drug-likeness (QED) is 0.816. The number of imidazole rings is 1. The first kappa shape index (κ1) is 10.6. The van der Waals surface area contributed by atoms with Gasteiger partial charge in [-0.25, -0.2) is 4.98 Å². The summed E-state index contributed by atoms with van der Waals surface area (Å²) in [6.07, 6.45) is 4.79. The Morgan fingerprint density at radius 2 is 2.31 bits per heavy atom. The second kappa shape index (κ2) is 4.04. The highest BCUT2D eigenvalue weighted by Crippen LogP contribution is 2.35. The lowest BCUT2D eigenvalue weighted by Crippen LogP contribution is -2.20. The Labute approximate surface area is 101 Å². The molecular weight excluding hydrogens is 222 g/mol. The van der Waals surface area contributed by atoms with Crippen LogP contribution >= 0.6 is 11.6 Å². The van der Waals surface area contributed by atoms with E-state index in [0.29, 0.717) is 12.0 Å². The van der Waals surface area contributed by atoms with Gasteiger partial charge in [-0.3, -0.25) is 0 Å². The fraction of sp³-hybridized carbons (Fsp3) is 0.750. The van der Waals surface area contributed by atoms with Crippen LogP contribution in [0.4, 0.5) is 0 Å². The lowest BCUT2D eigenvalue weighted by Gasteiger charge is -2.25. The summed E-state index contributed by atoms with van der Waals surface area (Å²) in [6, 6.07) is 0.569. The van der Waals surface area contributed by atoms with E-state index in [1.807, 2.05) is 0 Å². The number of fused-ring (bicyclic) bond motifs is 1. The van der Waals surface area contributed by atoms with Gasteiger partial charge in [0.05, 0.1) is 5.69 Å². The summed E-state index contributed by atoms with van der Waals surface area (Å²) in [7, 11) is 0. The predicted octanol–water partition coefficient (Wildman–Crippen LogP) is 2.51. The first-order valence-corrected chi connectivity index (χ1v) is 6.62. The van der Waals surface area contributed by atoms with Crippen LogP contribution in [0.15, 0.2) is 0 Å². The van der Waals surface area contributed by atoms with E-state index >= 15 is 0 Å². The van der Waals surface area contributed by atoms with Gasteiger partial charge in [-0.1, -0.05) is 11.6 Å². The Morgan fingerprint density at radius 3 is 3.06 bits per heavy atom. The average Bonchev–Trinajstić information content (AvgIpc) is 2.87. The van der Waals surface area contributed by atoms with Crippen molar-refractivity contribution in [2.75, 3.05) is 13.1 Å². The van der Waals surface area contributed by atoms with Gasteiger partial charge < -0.3 is 9.88 Å². The minimum absolute atomic E-state index is 0.562. The molecule has 3 heterocycles. The van der Waals surface area contributed by atoms with Gasteiger partial charge >= 0.3 is 0 Å². The van der Waals surface area contributed by atoms with Crippen molar-refractivity contribution >= 4 is 11.6 Å². The van der Waals surface area contributed by atoms with Crippen molar-refractivity contribution in [1.82, 2.24) is 14.9 Å². The topological polar surface area (TPSA) is 29.9 Å². The normalized spacial score (nSPS) is 29.4. The molecule has 4 heteroatoms. The molecule has 0 bridgehead atoms. The molecule has 2 aliphatic rings. The van der Waals surface area contributed by atoms with Gasteiger partial charge in [0.2, 0.25) is 0 Å². The summed E-state index contributed by atoms with van der Waals surface area (Å²) in [6.45, 7) is 4.45. The van der Waals surface area contributed by atoms with Gasteiger partial charge in [-0.05, 0) is 39.2 Å². The molecule has 1 aromatic rings. The number of hydrogen-bond donors (Lipinski definition) is 1. The van der Waals surface area contributed by atoms with E-state index in [2.05, 4.69) is 21.8 Å². The number of hydrogen-bond acceptors (Lipinski definition) is 2. The van der Waals surface area contributed by atoms with Crippen LogP contribution in [-0.2, 0) is 6.42 Å². The molecule has 0 spiro atoms.